The lowest BCUT2D eigenvalue weighted by atomic mass is 10.3. The van der Waals surface area contributed by atoms with Gasteiger partial charge in [0, 0.05) is 12.1 Å². The Morgan fingerprint density at radius 2 is 2.21 bits per heavy atom. The molecule has 3 aromatic rings. The molecule has 0 aliphatic carbocycles. The van der Waals surface area contributed by atoms with Gasteiger partial charge in [-0.25, -0.2) is 9.78 Å². The van der Waals surface area contributed by atoms with Gasteiger partial charge < -0.3 is 9.15 Å². The van der Waals surface area contributed by atoms with Crippen molar-refractivity contribution in [2.75, 3.05) is 7.11 Å². The quantitative estimate of drug-likeness (QED) is 0.286. The number of methoxy groups -OCH3 is 1. The second-order valence-corrected chi connectivity index (χ2v) is 7.46. The summed E-state index contributed by atoms with van der Waals surface area (Å²) in [5, 5.41) is 10.8. The van der Waals surface area contributed by atoms with E-state index in [-0.39, 0.29) is 16.7 Å². The minimum atomic E-state index is -0.522. The number of nitro groups is 1. The number of fused-ring (bicyclic) bond motifs is 1. The SMILES string of the molecule is COC(=O)c1ccc([C@H](C)Sc2nc3ccc([N+](=O)[O-])cc3s2)o1. The second kappa shape index (κ2) is 6.62. The highest BCUT2D eigenvalue weighted by Crippen LogP contribution is 2.40. The normalized spacial score (nSPS) is 12.2. The number of furan rings is 1. The first kappa shape index (κ1) is 16.5. The summed E-state index contributed by atoms with van der Waals surface area (Å²) in [6, 6.07) is 7.89. The number of carbonyl (C=O) groups is 1. The number of rotatable bonds is 5. The van der Waals surface area contributed by atoms with Crippen LogP contribution < -0.4 is 0 Å². The van der Waals surface area contributed by atoms with Gasteiger partial charge in [0.15, 0.2) is 4.34 Å². The molecular formula is C15H12N2O5S2. The highest BCUT2D eigenvalue weighted by molar-refractivity contribution is 8.01. The van der Waals surface area contributed by atoms with E-state index in [2.05, 4.69) is 9.72 Å². The molecule has 2 aromatic heterocycles. The lowest BCUT2D eigenvalue weighted by Gasteiger charge is -2.04. The summed E-state index contributed by atoms with van der Waals surface area (Å²) in [7, 11) is 1.29. The summed E-state index contributed by atoms with van der Waals surface area (Å²) in [5.74, 6) is 0.260. The van der Waals surface area contributed by atoms with Crippen LogP contribution in [0.15, 0.2) is 39.1 Å². The summed E-state index contributed by atoms with van der Waals surface area (Å²) in [5.41, 5.74) is 0.763. The van der Waals surface area contributed by atoms with Crippen LogP contribution in [-0.2, 0) is 4.74 Å². The molecule has 0 unspecified atom stereocenters. The Morgan fingerprint density at radius 1 is 1.42 bits per heavy atom. The Labute approximate surface area is 144 Å². The zero-order valence-corrected chi connectivity index (χ0v) is 14.3. The molecule has 1 aromatic carbocycles. The van der Waals surface area contributed by atoms with Crippen LogP contribution in [0.3, 0.4) is 0 Å². The molecule has 7 nitrogen and oxygen atoms in total. The molecule has 0 spiro atoms. The van der Waals surface area contributed by atoms with E-state index in [1.807, 2.05) is 6.92 Å². The van der Waals surface area contributed by atoms with Crippen molar-refractivity contribution in [3.63, 3.8) is 0 Å². The van der Waals surface area contributed by atoms with Crippen molar-refractivity contribution in [1.29, 1.82) is 0 Å². The Bertz CT molecular complexity index is 918. The molecule has 1 atom stereocenters. The lowest BCUT2D eigenvalue weighted by Crippen LogP contribution is -1.98. The number of nitro benzene ring substituents is 1. The largest absolute Gasteiger partial charge is 0.463 e. The molecule has 0 aliphatic heterocycles. The van der Waals surface area contributed by atoms with Gasteiger partial charge in [-0.3, -0.25) is 10.1 Å². The standard InChI is InChI=1S/C15H12N2O5S2/c1-8(11-5-6-12(22-11)14(18)21-2)23-15-16-10-4-3-9(17(19)20)7-13(10)24-15/h3-8H,1-2H3/t8-/m0/s1. The molecule has 0 fully saturated rings. The number of non-ortho nitro benzene ring substituents is 1. The topological polar surface area (TPSA) is 95.5 Å². The zero-order valence-electron chi connectivity index (χ0n) is 12.7. The summed E-state index contributed by atoms with van der Waals surface area (Å²) in [4.78, 5) is 26.3. The number of ether oxygens (including phenoxy) is 1. The molecule has 0 N–H and O–H groups in total. The van der Waals surface area contributed by atoms with Crippen molar-refractivity contribution in [3.8, 4) is 0 Å². The monoisotopic (exact) mass is 364 g/mol. The van der Waals surface area contributed by atoms with Crippen LogP contribution in [0.25, 0.3) is 10.2 Å². The summed E-state index contributed by atoms with van der Waals surface area (Å²) < 4.78 is 11.6. The first-order chi connectivity index (χ1) is 11.5. The number of thiazole rings is 1. The van der Waals surface area contributed by atoms with E-state index in [0.717, 1.165) is 14.6 Å². The fourth-order valence-corrected chi connectivity index (χ4v) is 4.37. The van der Waals surface area contributed by atoms with Crippen molar-refractivity contribution in [1.82, 2.24) is 4.98 Å². The first-order valence-electron chi connectivity index (χ1n) is 6.87. The molecule has 0 saturated carbocycles. The van der Waals surface area contributed by atoms with Gasteiger partial charge in [-0.15, -0.1) is 11.3 Å². The van der Waals surface area contributed by atoms with Crippen LogP contribution in [-0.4, -0.2) is 23.0 Å². The van der Waals surface area contributed by atoms with E-state index in [0.29, 0.717) is 5.76 Å². The minimum absolute atomic E-state index is 0.0458. The number of hydrogen-bond donors (Lipinski definition) is 0. The summed E-state index contributed by atoms with van der Waals surface area (Å²) >= 11 is 2.84. The maximum absolute atomic E-state index is 11.4. The third-order valence-electron chi connectivity index (χ3n) is 3.25. The fourth-order valence-electron chi connectivity index (χ4n) is 2.05. The minimum Gasteiger partial charge on any atom is -0.463 e. The number of hydrogen-bond acceptors (Lipinski definition) is 8. The van der Waals surface area contributed by atoms with Gasteiger partial charge >= 0.3 is 5.97 Å². The summed E-state index contributed by atoms with van der Waals surface area (Å²) in [6.45, 7) is 1.93. The smallest absolute Gasteiger partial charge is 0.373 e. The Hall–Kier alpha value is -2.39. The van der Waals surface area contributed by atoms with E-state index in [4.69, 9.17) is 4.42 Å². The van der Waals surface area contributed by atoms with Crippen LogP contribution in [0.2, 0.25) is 0 Å². The fraction of sp³-hybridized carbons (Fsp3) is 0.200. The molecule has 124 valence electrons. The van der Waals surface area contributed by atoms with Gasteiger partial charge in [0.25, 0.3) is 5.69 Å². The van der Waals surface area contributed by atoms with Gasteiger partial charge in [-0.05, 0) is 25.1 Å². The Balaban J connectivity index is 1.80. The molecule has 3 rings (SSSR count). The maximum Gasteiger partial charge on any atom is 0.373 e. The van der Waals surface area contributed by atoms with Crippen molar-refractivity contribution < 1.29 is 18.9 Å². The number of carbonyl (C=O) groups excluding carboxylic acids is 1. The number of nitrogens with zero attached hydrogens (tertiary/aromatic N) is 2. The van der Waals surface area contributed by atoms with Crippen LogP contribution in [0, 0.1) is 10.1 Å². The number of esters is 1. The molecular weight excluding hydrogens is 352 g/mol. The van der Waals surface area contributed by atoms with E-state index < -0.39 is 10.9 Å². The van der Waals surface area contributed by atoms with E-state index >= 15 is 0 Å². The average Bonchev–Trinajstić information content (AvgIpc) is 3.19. The van der Waals surface area contributed by atoms with Crippen LogP contribution >= 0.6 is 23.1 Å². The third-order valence-corrected chi connectivity index (χ3v) is 5.49. The Kier molecular flexibility index (Phi) is 4.54. The molecule has 0 aliphatic rings. The summed E-state index contributed by atoms with van der Waals surface area (Å²) in [6.07, 6.45) is 0. The second-order valence-electron chi connectivity index (χ2n) is 4.84. The molecule has 0 radical (unpaired) electrons. The predicted molar refractivity (Wildman–Crippen MR) is 90.6 cm³/mol. The number of thioether (sulfide) groups is 1. The average molecular weight is 364 g/mol. The van der Waals surface area contributed by atoms with Gasteiger partial charge in [0.2, 0.25) is 5.76 Å². The van der Waals surface area contributed by atoms with Gasteiger partial charge in [-0.1, -0.05) is 11.8 Å². The van der Waals surface area contributed by atoms with E-state index in [9.17, 15) is 14.9 Å². The number of aromatic nitrogens is 1. The van der Waals surface area contributed by atoms with Crippen molar-refractivity contribution in [2.24, 2.45) is 0 Å². The molecule has 2 heterocycles. The molecule has 9 heteroatoms. The van der Waals surface area contributed by atoms with Crippen molar-refractivity contribution in [3.05, 3.63) is 52.0 Å². The molecule has 0 amide bonds. The number of benzene rings is 1. The highest BCUT2D eigenvalue weighted by atomic mass is 32.2. The molecule has 0 saturated heterocycles. The van der Waals surface area contributed by atoms with Crippen LogP contribution in [0.5, 0.6) is 0 Å². The van der Waals surface area contributed by atoms with E-state index in [1.54, 1.807) is 18.2 Å². The maximum atomic E-state index is 11.4. The Morgan fingerprint density at radius 3 is 2.92 bits per heavy atom. The van der Waals surface area contributed by atoms with Crippen molar-refractivity contribution in [2.45, 2.75) is 16.5 Å². The zero-order chi connectivity index (χ0) is 17.3. The first-order valence-corrected chi connectivity index (χ1v) is 8.57. The van der Waals surface area contributed by atoms with Gasteiger partial charge in [0.05, 0.1) is 27.5 Å². The van der Waals surface area contributed by atoms with Crippen LogP contribution in [0.1, 0.15) is 28.5 Å². The lowest BCUT2D eigenvalue weighted by molar-refractivity contribution is -0.384. The van der Waals surface area contributed by atoms with Gasteiger partial charge in [0.1, 0.15) is 5.76 Å². The van der Waals surface area contributed by atoms with Crippen molar-refractivity contribution >= 4 is 45.0 Å². The van der Waals surface area contributed by atoms with E-state index in [1.165, 1.54) is 42.3 Å². The van der Waals surface area contributed by atoms with Gasteiger partial charge in [-0.2, -0.15) is 0 Å². The highest BCUT2D eigenvalue weighted by Gasteiger charge is 2.18. The van der Waals surface area contributed by atoms with Crippen LogP contribution in [0.4, 0.5) is 5.69 Å². The molecule has 24 heavy (non-hydrogen) atoms. The predicted octanol–water partition coefficient (Wildman–Crippen LogP) is 4.44. The third kappa shape index (κ3) is 3.26. The molecule has 0 bridgehead atoms.